The Hall–Kier alpha value is -1.66. The molecule has 0 aliphatic rings. The lowest BCUT2D eigenvalue weighted by atomic mass is 9.91. The van der Waals surface area contributed by atoms with E-state index in [4.69, 9.17) is 16.7 Å². The van der Waals surface area contributed by atoms with Gasteiger partial charge < -0.3 is 10.2 Å². The van der Waals surface area contributed by atoms with Crippen LogP contribution in [-0.4, -0.2) is 21.1 Å². The number of aliphatic hydroxyl groups is 1. The summed E-state index contributed by atoms with van der Waals surface area (Å²) in [6.07, 6.45) is -0.110. The van der Waals surface area contributed by atoms with E-state index in [0.717, 1.165) is 6.07 Å². The molecule has 2 N–H and O–H groups in total. The SMILES string of the molecule is CCC(O)(C(=O)O)c1ccc(Cl)c([N+](=O)[O-])c1. The zero-order valence-corrected chi connectivity index (χ0v) is 9.64. The van der Waals surface area contributed by atoms with Gasteiger partial charge in [-0.05, 0) is 12.5 Å². The van der Waals surface area contributed by atoms with E-state index in [1.807, 2.05) is 0 Å². The smallest absolute Gasteiger partial charge is 0.340 e. The summed E-state index contributed by atoms with van der Waals surface area (Å²) in [6.45, 7) is 1.47. The van der Waals surface area contributed by atoms with Gasteiger partial charge >= 0.3 is 5.97 Å². The molecule has 0 saturated heterocycles. The lowest BCUT2D eigenvalue weighted by Crippen LogP contribution is -2.34. The number of carboxylic acid groups (broad SMARTS) is 1. The minimum Gasteiger partial charge on any atom is -0.479 e. The van der Waals surface area contributed by atoms with Crippen LogP contribution >= 0.6 is 11.6 Å². The Morgan fingerprint density at radius 1 is 1.59 bits per heavy atom. The normalized spacial score (nSPS) is 14.1. The Bertz CT molecular complexity index is 476. The number of halogens is 1. The van der Waals surface area contributed by atoms with E-state index in [2.05, 4.69) is 0 Å². The van der Waals surface area contributed by atoms with Gasteiger partial charge in [-0.1, -0.05) is 24.6 Å². The maximum Gasteiger partial charge on any atom is 0.340 e. The molecule has 1 atom stereocenters. The first kappa shape index (κ1) is 13.4. The fourth-order valence-corrected chi connectivity index (χ4v) is 1.58. The summed E-state index contributed by atoms with van der Waals surface area (Å²) < 4.78 is 0. The van der Waals surface area contributed by atoms with Gasteiger partial charge in [-0.25, -0.2) is 4.79 Å². The molecule has 1 unspecified atom stereocenters. The number of nitro benzene ring substituents is 1. The lowest BCUT2D eigenvalue weighted by Gasteiger charge is -2.21. The second-order valence-electron chi connectivity index (χ2n) is 3.44. The molecular formula is C10H10ClNO5. The third kappa shape index (κ3) is 2.37. The molecule has 1 aromatic rings. The molecule has 7 heteroatoms. The average Bonchev–Trinajstić information content (AvgIpc) is 2.27. The molecule has 1 aromatic carbocycles. The van der Waals surface area contributed by atoms with Crippen LogP contribution in [0, 0.1) is 10.1 Å². The molecule has 0 aliphatic heterocycles. The minimum absolute atomic E-state index is 0.0661. The Morgan fingerprint density at radius 2 is 2.18 bits per heavy atom. The predicted molar refractivity (Wildman–Crippen MR) is 59.9 cm³/mol. The Kier molecular flexibility index (Phi) is 3.69. The third-order valence-electron chi connectivity index (χ3n) is 2.49. The van der Waals surface area contributed by atoms with E-state index in [1.54, 1.807) is 0 Å². The van der Waals surface area contributed by atoms with Crippen LogP contribution in [0.5, 0.6) is 0 Å². The summed E-state index contributed by atoms with van der Waals surface area (Å²) in [5.74, 6) is -1.46. The summed E-state index contributed by atoms with van der Waals surface area (Å²) in [6, 6.07) is 3.42. The van der Waals surface area contributed by atoms with Gasteiger partial charge in [0.05, 0.1) is 4.92 Å². The molecule has 0 spiro atoms. The van der Waals surface area contributed by atoms with Crippen LogP contribution in [0.15, 0.2) is 18.2 Å². The predicted octanol–water partition coefficient (Wildman–Crippen LogP) is 1.93. The van der Waals surface area contributed by atoms with E-state index < -0.39 is 22.2 Å². The van der Waals surface area contributed by atoms with Crippen molar-refractivity contribution in [2.75, 3.05) is 0 Å². The fourth-order valence-electron chi connectivity index (χ4n) is 1.39. The highest BCUT2D eigenvalue weighted by Gasteiger charge is 2.37. The number of aliphatic carboxylic acids is 1. The van der Waals surface area contributed by atoms with Crippen LogP contribution in [0.4, 0.5) is 5.69 Å². The summed E-state index contributed by atoms with van der Waals surface area (Å²) >= 11 is 5.59. The van der Waals surface area contributed by atoms with Gasteiger partial charge in [-0.15, -0.1) is 0 Å². The molecule has 0 heterocycles. The zero-order valence-electron chi connectivity index (χ0n) is 8.88. The third-order valence-corrected chi connectivity index (χ3v) is 2.81. The molecule has 0 aromatic heterocycles. The van der Waals surface area contributed by atoms with Crippen molar-refractivity contribution in [3.63, 3.8) is 0 Å². The van der Waals surface area contributed by atoms with Crippen LogP contribution in [-0.2, 0) is 10.4 Å². The number of nitrogens with zero attached hydrogens (tertiary/aromatic N) is 1. The van der Waals surface area contributed by atoms with Gasteiger partial charge in [-0.3, -0.25) is 10.1 Å². The highest BCUT2D eigenvalue weighted by molar-refractivity contribution is 6.32. The largest absolute Gasteiger partial charge is 0.479 e. The molecule has 0 aliphatic carbocycles. The molecule has 6 nitrogen and oxygen atoms in total. The molecule has 0 fully saturated rings. The summed E-state index contributed by atoms with van der Waals surface area (Å²) in [5, 5.41) is 29.4. The zero-order chi connectivity index (χ0) is 13.2. The molecule has 0 radical (unpaired) electrons. The van der Waals surface area contributed by atoms with E-state index in [9.17, 15) is 20.0 Å². The van der Waals surface area contributed by atoms with Gasteiger partial charge in [0, 0.05) is 11.6 Å². The van der Waals surface area contributed by atoms with Gasteiger partial charge in [0.1, 0.15) is 5.02 Å². The quantitative estimate of drug-likeness (QED) is 0.635. The van der Waals surface area contributed by atoms with Crippen molar-refractivity contribution in [1.29, 1.82) is 0 Å². The Balaban J connectivity index is 3.37. The number of benzene rings is 1. The molecular weight excluding hydrogens is 250 g/mol. The first-order valence-corrected chi connectivity index (χ1v) is 5.11. The van der Waals surface area contributed by atoms with Crippen molar-refractivity contribution < 1.29 is 19.9 Å². The fraction of sp³-hybridized carbons (Fsp3) is 0.300. The van der Waals surface area contributed by atoms with Crippen molar-refractivity contribution in [1.82, 2.24) is 0 Å². The van der Waals surface area contributed by atoms with Crippen molar-refractivity contribution >= 4 is 23.3 Å². The summed E-state index contributed by atoms with van der Waals surface area (Å²) in [7, 11) is 0. The maximum atomic E-state index is 11.0. The molecule has 0 amide bonds. The van der Waals surface area contributed by atoms with Crippen LogP contribution in [0.25, 0.3) is 0 Å². The second-order valence-corrected chi connectivity index (χ2v) is 3.85. The lowest BCUT2D eigenvalue weighted by molar-refractivity contribution is -0.384. The first-order chi connectivity index (χ1) is 7.82. The number of hydrogen-bond acceptors (Lipinski definition) is 4. The number of hydrogen-bond donors (Lipinski definition) is 2. The van der Waals surface area contributed by atoms with E-state index >= 15 is 0 Å². The Morgan fingerprint density at radius 3 is 2.59 bits per heavy atom. The number of carboxylic acids is 1. The average molecular weight is 260 g/mol. The van der Waals surface area contributed by atoms with E-state index in [-0.39, 0.29) is 17.0 Å². The summed E-state index contributed by atoms with van der Waals surface area (Å²) in [4.78, 5) is 20.9. The van der Waals surface area contributed by atoms with Crippen LogP contribution < -0.4 is 0 Å². The topological polar surface area (TPSA) is 101 Å². The van der Waals surface area contributed by atoms with Gasteiger partial charge in [0.15, 0.2) is 5.60 Å². The maximum absolute atomic E-state index is 11.0. The van der Waals surface area contributed by atoms with Crippen LogP contribution in [0.3, 0.4) is 0 Å². The van der Waals surface area contributed by atoms with E-state index in [1.165, 1.54) is 19.1 Å². The van der Waals surface area contributed by atoms with Gasteiger partial charge in [0.2, 0.25) is 0 Å². The second kappa shape index (κ2) is 4.68. The van der Waals surface area contributed by atoms with Crippen molar-refractivity contribution in [3.05, 3.63) is 38.9 Å². The highest BCUT2D eigenvalue weighted by Crippen LogP contribution is 2.32. The Labute approximate surface area is 102 Å². The van der Waals surface area contributed by atoms with Crippen molar-refractivity contribution in [3.8, 4) is 0 Å². The molecule has 17 heavy (non-hydrogen) atoms. The number of nitro groups is 1. The monoisotopic (exact) mass is 259 g/mol. The molecule has 1 rings (SSSR count). The standard InChI is InChI=1S/C10H10ClNO5/c1-2-10(15,9(13)14)6-3-4-7(11)8(5-6)12(16)17/h3-5,15H,2H2,1H3,(H,13,14). The van der Waals surface area contributed by atoms with Crippen LogP contribution in [0.2, 0.25) is 5.02 Å². The highest BCUT2D eigenvalue weighted by atomic mass is 35.5. The van der Waals surface area contributed by atoms with Gasteiger partial charge in [0.25, 0.3) is 5.69 Å². The number of carbonyl (C=O) groups is 1. The minimum atomic E-state index is -2.14. The summed E-state index contributed by atoms with van der Waals surface area (Å²) in [5.41, 5.74) is -2.64. The van der Waals surface area contributed by atoms with Crippen LogP contribution in [0.1, 0.15) is 18.9 Å². The van der Waals surface area contributed by atoms with Crippen molar-refractivity contribution in [2.45, 2.75) is 18.9 Å². The molecule has 0 saturated carbocycles. The van der Waals surface area contributed by atoms with Gasteiger partial charge in [-0.2, -0.15) is 0 Å². The number of rotatable bonds is 4. The molecule has 0 bridgehead atoms. The molecule has 92 valence electrons. The van der Waals surface area contributed by atoms with E-state index in [0.29, 0.717) is 0 Å². The first-order valence-electron chi connectivity index (χ1n) is 4.73. The van der Waals surface area contributed by atoms with Crippen molar-refractivity contribution in [2.24, 2.45) is 0 Å².